The molecule has 0 heterocycles. The van der Waals surface area contributed by atoms with Crippen LogP contribution >= 0.6 is 7.29 Å². The molecular weight excluding hydrogens is 357 g/mol. The molecule has 0 aliphatic rings. The highest BCUT2D eigenvalue weighted by atomic mass is 31.2. The number of hydrogen-bond donors (Lipinski definition) is 1. The Morgan fingerprint density at radius 1 is 0.852 bits per heavy atom. The number of esters is 1. The van der Waals surface area contributed by atoms with Gasteiger partial charge in [-0.3, -0.25) is 9.36 Å². The molecule has 0 saturated heterocycles. The van der Waals surface area contributed by atoms with Gasteiger partial charge in [-0.25, -0.2) is 5.09 Å². The molecule has 0 amide bonds. The summed E-state index contributed by atoms with van der Waals surface area (Å²) in [6, 6.07) is 27.3. The Bertz CT molecular complexity index is 871. The Morgan fingerprint density at radius 3 is 1.74 bits per heavy atom. The Hall–Kier alpha value is -2.68. The van der Waals surface area contributed by atoms with E-state index in [0.717, 1.165) is 5.56 Å². The van der Waals surface area contributed by atoms with Crippen LogP contribution in [-0.2, 0) is 20.5 Å². The van der Waals surface area contributed by atoms with Crippen LogP contribution in [0.4, 0.5) is 0 Å². The second-order valence-corrected chi connectivity index (χ2v) is 8.68. The predicted octanol–water partition coefficient (Wildman–Crippen LogP) is 3.29. The third kappa shape index (κ3) is 4.54. The smallest absolute Gasteiger partial charge is 0.323 e. The van der Waals surface area contributed by atoms with Crippen LogP contribution < -0.4 is 15.7 Å². The number of benzene rings is 3. The van der Waals surface area contributed by atoms with Gasteiger partial charge in [0.15, 0.2) is 0 Å². The van der Waals surface area contributed by atoms with E-state index in [9.17, 15) is 9.36 Å². The van der Waals surface area contributed by atoms with E-state index < -0.39 is 19.3 Å². The summed E-state index contributed by atoms with van der Waals surface area (Å²) in [6.07, 6.45) is 0.386. The van der Waals surface area contributed by atoms with Gasteiger partial charge < -0.3 is 4.74 Å². The van der Waals surface area contributed by atoms with E-state index in [4.69, 9.17) is 4.74 Å². The summed E-state index contributed by atoms with van der Waals surface area (Å²) in [6.45, 7) is 0. The number of carbonyl (C=O) groups is 1. The van der Waals surface area contributed by atoms with E-state index in [0.29, 0.717) is 17.0 Å². The van der Waals surface area contributed by atoms with Crippen LogP contribution in [-0.4, -0.2) is 19.1 Å². The summed E-state index contributed by atoms with van der Waals surface area (Å²) in [5.74, 6) is -0.439. The van der Waals surface area contributed by atoms with Crippen molar-refractivity contribution < 1.29 is 14.1 Å². The molecule has 0 aliphatic heterocycles. The number of carbonyl (C=O) groups excluding carboxylic acids is 1. The molecule has 5 heteroatoms. The molecule has 1 atom stereocenters. The van der Waals surface area contributed by atoms with Crippen molar-refractivity contribution in [3.05, 3.63) is 96.6 Å². The summed E-state index contributed by atoms with van der Waals surface area (Å²) in [7, 11) is -1.89. The van der Waals surface area contributed by atoms with Crippen LogP contribution in [0.15, 0.2) is 91.0 Å². The average molecular weight is 379 g/mol. The zero-order valence-electron chi connectivity index (χ0n) is 15.1. The lowest BCUT2D eigenvalue weighted by Gasteiger charge is -2.25. The minimum Gasteiger partial charge on any atom is -0.468 e. The van der Waals surface area contributed by atoms with Crippen molar-refractivity contribution in [2.45, 2.75) is 12.5 Å². The SMILES string of the molecule is COC(=O)[C@@H](Cc1ccccc1)NP(=O)(c1ccccc1)c1ccccc1. The fourth-order valence-electron chi connectivity index (χ4n) is 2.97. The molecule has 4 nitrogen and oxygen atoms in total. The maximum atomic E-state index is 14.1. The van der Waals surface area contributed by atoms with E-state index in [1.54, 1.807) is 0 Å². The third-order valence-electron chi connectivity index (χ3n) is 4.35. The first-order valence-corrected chi connectivity index (χ1v) is 10.4. The van der Waals surface area contributed by atoms with Crippen molar-refractivity contribution in [2.24, 2.45) is 0 Å². The van der Waals surface area contributed by atoms with Crippen LogP contribution in [0.2, 0.25) is 0 Å². The van der Waals surface area contributed by atoms with Gasteiger partial charge in [0.1, 0.15) is 6.04 Å². The molecule has 138 valence electrons. The fraction of sp³-hybridized carbons (Fsp3) is 0.136. The molecule has 0 aliphatic carbocycles. The van der Waals surface area contributed by atoms with Crippen LogP contribution in [0.1, 0.15) is 5.56 Å². The molecule has 1 N–H and O–H groups in total. The van der Waals surface area contributed by atoms with E-state index in [-0.39, 0.29) is 0 Å². The van der Waals surface area contributed by atoms with Gasteiger partial charge in [-0.1, -0.05) is 66.7 Å². The molecule has 3 aromatic carbocycles. The standard InChI is InChI=1S/C22H22NO3P/c1-26-22(24)21(17-18-11-5-2-6-12-18)23-27(25,19-13-7-3-8-14-19)20-15-9-4-10-16-20/h2-16,21H,17H2,1H3,(H,23,25)/t21-/m1/s1. The Morgan fingerprint density at radius 2 is 1.30 bits per heavy atom. The highest BCUT2D eigenvalue weighted by Crippen LogP contribution is 2.39. The Kier molecular flexibility index (Phi) is 6.23. The largest absolute Gasteiger partial charge is 0.468 e. The van der Waals surface area contributed by atoms with Crippen molar-refractivity contribution in [2.75, 3.05) is 7.11 Å². The lowest BCUT2D eigenvalue weighted by molar-refractivity contribution is -0.142. The first-order chi connectivity index (χ1) is 13.1. The van der Waals surface area contributed by atoms with Gasteiger partial charge in [0.2, 0.25) is 7.29 Å². The summed E-state index contributed by atoms with van der Waals surface area (Å²) in [4.78, 5) is 12.5. The minimum atomic E-state index is -3.24. The molecular formula is C22H22NO3P. The van der Waals surface area contributed by atoms with E-state index >= 15 is 0 Å². The van der Waals surface area contributed by atoms with Gasteiger partial charge in [-0.05, 0) is 36.2 Å². The van der Waals surface area contributed by atoms with E-state index in [1.165, 1.54) is 7.11 Å². The first kappa shape index (κ1) is 19.1. The van der Waals surface area contributed by atoms with Crippen LogP contribution in [0, 0.1) is 0 Å². The zero-order chi connectivity index (χ0) is 19.1. The lowest BCUT2D eigenvalue weighted by atomic mass is 10.1. The molecule has 3 aromatic rings. The maximum Gasteiger partial charge on any atom is 0.323 e. The zero-order valence-corrected chi connectivity index (χ0v) is 16.0. The highest BCUT2D eigenvalue weighted by molar-refractivity contribution is 7.77. The highest BCUT2D eigenvalue weighted by Gasteiger charge is 2.33. The number of rotatable bonds is 7. The van der Waals surface area contributed by atoms with Crippen molar-refractivity contribution in [1.82, 2.24) is 5.09 Å². The van der Waals surface area contributed by atoms with Gasteiger partial charge in [-0.15, -0.1) is 0 Å². The minimum absolute atomic E-state index is 0.386. The number of hydrogen-bond acceptors (Lipinski definition) is 3. The van der Waals surface area contributed by atoms with Crippen molar-refractivity contribution >= 4 is 23.9 Å². The van der Waals surface area contributed by atoms with Gasteiger partial charge >= 0.3 is 5.97 Å². The monoisotopic (exact) mass is 379 g/mol. The topological polar surface area (TPSA) is 55.4 Å². The first-order valence-electron chi connectivity index (χ1n) is 8.74. The second-order valence-electron chi connectivity index (χ2n) is 6.17. The summed E-state index contributed by atoms with van der Waals surface area (Å²) < 4.78 is 19.1. The second kappa shape index (κ2) is 8.81. The van der Waals surface area contributed by atoms with Gasteiger partial charge in [0.25, 0.3) is 0 Å². The molecule has 0 fully saturated rings. The Labute approximate surface area is 159 Å². The number of nitrogens with one attached hydrogen (secondary N) is 1. The molecule has 0 aromatic heterocycles. The molecule has 0 saturated carbocycles. The van der Waals surface area contributed by atoms with Gasteiger partial charge in [0.05, 0.1) is 7.11 Å². The normalized spacial score (nSPS) is 12.3. The van der Waals surface area contributed by atoms with Gasteiger partial charge in [0, 0.05) is 10.6 Å². The van der Waals surface area contributed by atoms with Crippen molar-refractivity contribution in [3.8, 4) is 0 Å². The van der Waals surface area contributed by atoms with Gasteiger partial charge in [-0.2, -0.15) is 0 Å². The summed E-state index contributed by atoms with van der Waals surface area (Å²) in [5.41, 5.74) is 0.966. The lowest BCUT2D eigenvalue weighted by Crippen LogP contribution is -2.42. The molecule has 3 rings (SSSR count). The molecule has 0 radical (unpaired) electrons. The summed E-state index contributed by atoms with van der Waals surface area (Å²) in [5, 5.41) is 4.45. The Balaban J connectivity index is 2.00. The molecule has 0 spiro atoms. The van der Waals surface area contributed by atoms with Crippen LogP contribution in [0.5, 0.6) is 0 Å². The van der Waals surface area contributed by atoms with Crippen LogP contribution in [0.25, 0.3) is 0 Å². The molecule has 27 heavy (non-hydrogen) atoms. The van der Waals surface area contributed by atoms with Crippen LogP contribution in [0.3, 0.4) is 0 Å². The van der Waals surface area contributed by atoms with E-state index in [1.807, 2.05) is 91.0 Å². The van der Waals surface area contributed by atoms with Crippen molar-refractivity contribution in [3.63, 3.8) is 0 Å². The quantitative estimate of drug-likeness (QED) is 0.506. The summed E-state index contributed by atoms with van der Waals surface area (Å²) >= 11 is 0. The fourth-order valence-corrected chi connectivity index (χ4v) is 5.38. The molecule has 0 unspecified atom stereocenters. The number of ether oxygens (including phenoxy) is 1. The average Bonchev–Trinajstić information content (AvgIpc) is 2.74. The van der Waals surface area contributed by atoms with E-state index in [2.05, 4.69) is 5.09 Å². The predicted molar refractivity (Wildman–Crippen MR) is 109 cm³/mol. The molecule has 0 bridgehead atoms. The maximum absolute atomic E-state index is 14.1. The third-order valence-corrected chi connectivity index (χ3v) is 7.07. The van der Waals surface area contributed by atoms with Crippen molar-refractivity contribution in [1.29, 1.82) is 0 Å². The number of methoxy groups -OCH3 is 1.